The lowest BCUT2D eigenvalue weighted by molar-refractivity contribution is -0.129. The summed E-state index contributed by atoms with van der Waals surface area (Å²) >= 11 is 0. The molecule has 0 aromatic rings. The van der Waals surface area contributed by atoms with Gasteiger partial charge in [-0.3, -0.25) is 35.3 Å². The van der Waals surface area contributed by atoms with E-state index < -0.39 is 42.1 Å². The lowest BCUT2D eigenvalue weighted by Gasteiger charge is -2.34. The first-order valence-electron chi connectivity index (χ1n) is 16.0. The van der Waals surface area contributed by atoms with Crippen LogP contribution in [-0.4, -0.2) is 76.6 Å². The highest BCUT2D eigenvalue weighted by atomic mass is 16.3. The lowest BCUT2D eigenvalue weighted by atomic mass is 10.0. The first kappa shape index (κ1) is 37.5. The summed E-state index contributed by atoms with van der Waals surface area (Å²) in [6.45, 7) is 7.34. The van der Waals surface area contributed by atoms with E-state index in [0.29, 0.717) is 6.42 Å². The molecule has 6 N–H and O–H groups in total. The monoisotopic (exact) mass is 624 g/mol. The van der Waals surface area contributed by atoms with Gasteiger partial charge in [-0.1, -0.05) is 81.5 Å². The average Bonchev–Trinajstić information content (AvgIpc) is 3.00. The number of allylic oxidation sites excluding steroid dienone is 10. The van der Waals surface area contributed by atoms with Crippen molar-refractivity contribution in [1.82, 2.24) is 21.3 Å². The van der Waals surface area contributed by atoms with E-state index in [1.807, 2.05) is 13.8 Å². The fourth-order valence-electron chi connectivity index (χ4n) is 4.57. The molecule has 3 amide bonds. The van der Waals surface area contributed by atoms with Crippen LogP contribution in [0.25, 0.3) is 0 Å². The molecule has 0 fully saturated rings. The van der Waals surface area contributed by atoms with Crippen molar-refractivity contribution in [3.05, 3.63) is 60.8 Å². The van der Waals surface area contributed by atoms with Crippen molar-refractivity contribution >= 4 is 29.5 Å². The van der Waals surface area contributed by atoms with Crippen molar-refractivity contribution in [3.63, 3.8) is 0 Å². The van der Waals surface area contributed by atoms with Crippen LogP contribution < -0.4 is 21.3 Å². The molecule has 248 valence electrons. The average molecular weight is 625 g/mol. The van der Waals surface area contributed by atoms with Gasteiger partial charge in [0.05, 0.1) is 24.8 Å². The van der Waals surface area contributed by atoms with Gasteiger partial charge in [-0.05, 0) is 57.8 Å². The van der Waals surface area contributed by atoms with Gasteiger partial charge in [0.2, 0.25) is 17.8 Å². The van der Waals surface area contributed by atoms with Crippen molar-refractivity contribution in [2.24, 2.45) is 15.9 Å². The predicted octanol–water partition coefficient (Wildman–Crippen LogP) is 3.13. The van der Waals surface area contributed by atoms with Gasteiger partial charge in [0.25, 0.3) is 5.91 Å². The van der Waals surface area contributed by atoms with Gasteiger partial charge in [-0.15, -0.1) is 0 Å². The second-order valence-electron chi connectivity index (χ2n) is 11.5. The van der Waals surface area contributed by atoms with Crippen molar-refractivity contribution < 1.29 is 24.6 Å². The first-order chi connectivity index (χ1) is 21.6. The maximum atomic E-state index is 13.0. The molecular formula is C34H52N6O5. The zero-order chi connectivity index (χ0) is 33.0. The highest BCUT2D eigenvalue weighted by molar-refractivity contribution is 6.22. The summed E-state index contributed by atoms with van der Waals surface area (Å²) in [6.07, 6.45) is 25.8. The van der Waals surface area contributed by atoms with E-state index in [-0.39, 0.29) is 36.6 Å². The fourth-order valence-corrected chi connectivity index (χ4v) is 4.57. The Hall–Kier alpha value is -3.67. The molecule has 0 saturated carbocycles. The van der Waals surface area contributed by atoms with Crippen molar-refractivity contribution in [2.45, 2.75) is 109 Å². The summed E-state index contributed by atoms with van der Waals surface area (Å²) in [5.74, 6) is -1.33. The minimum Gasteiger partial charge on any atom is -0.391 e. The highest BCUT2D eigenvalue weighted by Gasteiger charge is 2.38. The molecule has 0 spiro atoms. The molecule has 2 heterocycles. The molecule has 45 heavy (non-hydrogen) atoms. The summed E-state index contributed by atoms with van der Waals surface area (Å²) in [6, 6.07) is -2.35. The maximum absolute atomic E-state index is 13.0. The largest absolute Gasteiger partial charge is 0.391 e. The predicted molar refractivity (Wildman–Crippen MR) is 180 cm³/mol. The molecule has 0 aromatic heterocycles. The van der Waals surface area contributed by atoms with Gasteiger partial charge in [0, 0.05) is 6.42 Å². The second-order valence-corrected chi connectivity index (χ2v) is 11.5. The number of rotatable bonds is 18. The zero-order valence-corrected chi connectivity index (χ0v) is 27.1. The Kier molecular flexibility index (Phi) is 17.6. The number of nitrogens with zero attached hydrogens (tertiary/aromatic N) is 2. The molecule has 0 saturated heterocycles. The minimum atomic E-state index is -1.10. The number of carbonyl (C=O) groups excluding carboxylic acids is 3. The molecular weight excluding hydrogens is 572 g/mol. The van der Waals surface area contributed by atoms with Gasteiger partial charge < -0.3 is 15.5 Å². The van der Waals surface area contributed by atoms with Crippen LogP contribution in [0.5, 0.6) is 0 Å². The molecule has 2 unspecified atom stereocenters. The van der Waals surface area contributed by atoms with Crippen molar-refractivity contribution in [1.29, 1.82) is 0 Å². The van der Waals surface area contributed by atoms with Gasteiger partial charge in [-0.25, -0.2) is 0 Å². The van der Waals surface area contributed by atoms with Crippen LogP contribution in [0.2, 0.25) is 0 Å². The quantitative estimate of drug-likeness (QED) is 0.101. The van der Waals surface area contributed by atoms with Crippen molar-refractivity contribution in [3.8, 4) is 0 Å². The molecule has 5 atom stereocenters. The lowest BCUT2D eigenvalue weighted by Crippen LogP contribution is -2.65. The number of hydrogen-bond acceptors (Lipinski definition) is 8. The summed E-state index contributed by atoms with van der Waals surface area (Å²) < 4.78 is 0. The van der Waals surface area contributed by atoms with E-state index in [2.05, 4.69) is 98.9 Å². The second kappa shape index (κ2) is 21.1. The molecule has 0 bridgehead atoms. The molecule has 11 heteroatoms. The minimum absolute atomic E-state index is 0.0744. The van der Waals surface area contributed by atoms with Crippen LogP contribution in [0.1, 0.15) is 79.1 Å². The number of aliphatic imine (C=N–C) groups is 2. The molecule has 0 radical (unpaired) electrons. The topological polar surface area (TPSA) is 165 Å². The number of amidine groups is 1. The Morgan fingerprint density at radius 2 is 1.51 bits per heavy atom. The number of nitrogens with one attached hydrogen (secondary N) is 4. The Morgan fingerprint density at radius 3 is 2.07 bits per heavy atom. The van der Waals surface area contributed by atoms with E-state index in [4.69, 9.17) is 0 Å². The van der Waals surface area contributed by atoms with Crippen LogP contribution in [0.3, 0.4) is 0 Å². The van der Waals surface area contributed by atoms with Crippen LogP contribution in [0, 0.1) is 5.92 Å². The first-order valence-corrected chi connectivity index (χ1v) is 16.0. The number of guanidine groups is 1. The van der Waals surface area contributed by atoms with Crippen LogP contribution in [0.4, 0.5) is 0 Å². The van der Waals surface area contributed by atoms with Crippen LogP contribution in [-0.2, 0) is 14.4 Å². The third kappa shape index (κ3) is 14.3. The molecule has 2 aliphatic rings. The number of amides is 3. The Balaban J connectivity index is 1.70. The third-order valence-corrected chi connectivity index (χ3v) is 7.17. The molecule has 2 rings (SSSR count). The highest BCUT2D eigenvalue weighted by Crippen LogP contribution is 2.12. The number of aliphatic hydroxyl groups excluding tert-OH is 2. The van der Waals surface area contributed by atoms with Gasteiger partial charge in [-0.2, -0.15) is 4.99 Å². The van der Waals surface area contributed by atoms with E-state index in [9.17, 15) is 24.6 Å². The number of carbonyl (C=O) groups is 3. The summed E-state index contributed by atoms with van der Waals surface area (Å²) in [5.41, 5.74) is 0. The number of fused-ring (bicyclic) bond motifs is 1. The van der Waals surface area contributed by atoms with Crippen LogP contribution in [0.15, 0.2) is 70.7 Å². The third-order valence-electron chi connectivity index (χ3n) is 7.17. The number of unbranched alkanes of at least 4 members (excludes halogenated alkanes) is 1. The zero-order valence-electron chi connectivity index (χ0n) is 27.1. The standard InChI is InChI=1S/C34H52N6O5/c1-5-6-7-8-9-10-11-12-13-14-15-16-17-18-19-20-21-22-27(42)37-28(24(2)3)32(44)39-34-38-31-29(33(45)40-34)36-26(23-35-31)30(43)25(4)41/h6-7,9-10,12-13,15-16,18-19,24-26,28-30,36,41,43H,5,8,11,14,17,20-23H2,1-4H3,(H,37,42)(H2,35,38,39,40,44,45)/b7-6-,10-9-,13-12-,16-15-,19-18-/t25-,26+,28?,29?,30-/m0/s1. The van der Waals surface area contributed by atoms with Crippen LogP contribution >= 0.6 is 0 Å². The van der Waals surface area contributed by atoms with Crippen molar-refractivity contribution in [2.75, 3.05) is 6.54 Å². The molecule has 11 nitrogen and oxygen atoms in total. The fraction of sp³-hybridized carbons (Fsp3) is 0.559. The van der Waals surface area contributed by atoms with E-state index in [0.717, 1.165) is 38.5 Å². The molecule has 2 aliphatic heterocycles. The summed E-state index contributed by atoms with van der Waals surface area (Å²) in [4.78, 5) is 46.8. The Labute approximate surface area is 267 Å². The van der Waals surface area contributed by atoms with Gasteiger partial charge in [0.15, 0.2) is 5.84 Å². The van der Waals surface area contributed by atoms with E-state index >= 15 is 0 Å². The Bertz CT molecular complexity index is 1170. The van der Waals surface area contributed by atoms with Gasteiger partial charge in [0.1, 0.15) is 12.1 Å². The number of aliphatic hydroxyl groups is 2. The smallest absolute Gasteiger partial charge is 0.251 e. The SMILES string of the molecule is CC/C=C\C/C=C\C/C=C\C/C=C\C/C=C\CCCC(=O)NC(C(=O)NC1=NC2=NC[C@H]([C@@H](O)[C@H](C)O)NC2C(=O)N1)C(C)C. The maximum Gasteiger partial charge on any atom is 0.251 e. The summed E-state index contributed by atoms with van der Waals surface area (Å²) in [7, 11) is 0. The van der Waals surface area contributed by atoms with E-state index in [1.54, 1.807) is 0 Å². The molecule has 0 aliphatic carbocycles. The molecule has 0 aromatic carbocycles. The summed E-state index contributed by atoms with van der Waals surface area (Å²) in [5, 5.41) is 30.6. The Morgan fingerprint density at radius 1 is 0.933 bits per heavy atom. The number of hydrogen-bond donors (Lipinski definition) is 6. The van der Waals surface area contributed by atoms with E-state index in [1.165, 1.54) is 6.92 Å². The normalized spacial score (nSPS) is 20.9. The van der Waals surface area contributed by atoms with Gasteiger partial charge >= 0.3 is 0 Å².